The first-order valence-electron chi connectivity index (χ1n) is 14.3. The lowest BCUT2D eigenvalue weighted by atomic mass is 9.94. The Morgan fingerprint density at radius 2 is 1.42 bits per heavy atom. The van der Waals surface area contributed by atoms with Crippen molar-refractivity contribution in [2.75, 3.05) is 14.1 Å². The van der Waals surface area contributed by atoms with Gasteiger partial charge in [0.25, 0.3) is 0 Å². The highest BCUT2D eigenvalue weighted by atomic mass is 19.4. The second-order valence-corrected chi connectivity index (χ2v) is 10.4. The molecule has 0 heterocycles. The van der Waals surface area contributed by atoms with E-state index in [1.54, 1.807) is 19.2 Å². The number of alkyl halides is 3. The van der Waals surface area contributed by atoms with Crippen molar-refractivity contribution in [2.45, 2.75) is 44.4 Å². The van der Waals surface area contributed by atoms with Crippen LogP contribution in [0.2, 0.25) is 0 Å². The van der Waals surface area contributed by atoms with Gasteiger partial charge in [-0.15, -0.1) is 0 Å². The third kappa shape index (κ3) is 10.8. The summed E-state index contributed by atoms with van der Waals surface area (Å²) in [6, 6.07) is 23.0. The lowest BCUT2D eigenvalue weighted by Crippen LogP contribution is -2.38. The highest BCUT2D eigenvalue weighted by Crippen LogP contribution is 2.31. The minimum absolute atomic E-state index is 0.0520. The van der Waals surface area contributed by atoms with E-state index in [4.69, 9.17) is 0 Å². The zero-order valence-electron chi connectivity index (χ0n) is 25.2. The van der Waals surface area contributed by atoms with Gasteiger partial charge in [-0.05, 0) is 66.8 Å². The molecule has 5 nitrogen and oxygen atoms in total. The molecule has 3 N–H and O–H groups in total. The van der Waals surface area contributed by atoms with E-state index >= 15 is 0 Å². The van der Waals surface area contributed by atoms with Crippen molar-refractivity contribution in [1.82, 2.24) is 16.0 Å². The maximum absolute atomic E-state index is 14.8. The van der Waals surface area contributed by atoms with Gasteiger partial charge in [0.05, 0.1) is 12.0 Å². The molecule has 0 aliphatic rings. The Morgan fingerprint density at radius 3 is 2.00 bits per heavy atom. The SMILES string of the molecule is CNC(=O)Cc1ccccc1.CNC(=O)[C@H](N[C@@H](CCc1ccc(C(F)(F)F)cc1)c1cc(C)ccc1F)c1ccc(F)cc1. The lowest BCUT2D eigenvalue weighted by Gasteiger charge is -2.26. The van der Waals surface area contributed by atoms with Crippen molar-refractivity contribution >= 4 is 11.8 Å². The monoisotopic (exact) mass is 625 g/mol. The Balaban J connectivity index is 0.000000423. The average molecular weight is 626 g/mol. The van der Waals surface area contributed by atoms with E-state index in [2.05, 4.69) is 16.0 Å². The van der Waals surface area contributed by atoms with Gasteiger partial charge in [0.2, 0.25) is 11.8 Å². The summed E-state index contributed by atoms with van der Waals surface area (Å²) in [5.41, 5.74) is 2.59. The molecule has 0 spiro atoms. The smallest absolute Gasteiger partial charge is 0.359 e. The summed E-state index contributed by atoms with van der Waals surface area (Å²) in [6.45, 7) is 1.81. The van der Waals surface area contributed by atoms with E-state index in [0.29, 0.717) is 36.0 Å². The minimum Gasteiger partial charge on any atom is -0.359 e. The Morgan fingerprint density at radius 1 is 0.778 bits per heavy atom. The summed E-state index contributed by atoms with van der Waals surface area (Å²) < 4.78 is 66.8. The predicted molar refractivity (Wildman–Crippen MR) is 164 cm³/mol. The summed E-state index contributed by atoms with van der Waals surface area (Å²) in [5.74, 6) is -1.26. The number of amides is 2. The number of nitrogens with one attached hydrogen (secondary N) is 3. The van der Waals surface area contributed by atoms with E-state index in [0.717, 1.165) is 23.3 Å². The largest absolute Gasteiger partial charge is 0.416 e. The van der Waals surface area contributed by atoms with E-state index in [-0.39, 0.29) is 11.8 Å². The predicted octanol–water partition coefficient (Wildman–Crippen LogP) is 7.02. The maximum atomic E-state index is 14.8. The van der Waals surface area contributed by atoms with Crippen LogP contribution in [0.1, 0.15) is 51.9 Å². The number of carbonyl (C=O) groups is 2. The lowest BCUT2D eigenvalue weighted by molar-refractivity contribution is -0.137. The van der Waals surface area contributed by atoms with E-state index in [1.807, 2.05) is 37.3 Å². The van der Waals surface area contributed by atoms with E-state index in [1.165, 1.54) is 49.5 Å². The van der Waals surface area contributed by atoms with Crippen LogP contribution in [0.3, 0.4) is 0 Å². The van der Waals surface area contributed by atoms with Gasteiger partial charge in [-0.1, -0.05) is 72.3 Å². The van der Waals surface area contributed by atoms with Crippen LogP contribution in [0.4, 0.5) is 22.0 Å². The van der Waals surface area contributed by atoms with Crippen LogP contribution < -0.4 is 16.0 Å². The number of aryl methyl sites for hydroxylation is 2. The molecule has 4 aromatic rings. The van der Waals surface area contributed by atoms with Crippen molar-refractivity contribution in [2.24, 2.45) is 0 Å². The van der Waals surface area contributed by atoms with Gasteiger partial charge in [0, 0.05) is 25.7 Å². The van der Waals surface area contributed by atoms with Gasteiger partial charge in [-0.25, -0.2) is 8.78 Å². The fourth-order valence-electron chi connectivity index (χ4n) is 4.62. The number of benzene rings is 4. The molecule has 0 bridgehead atoms. The first-order chi connectivity index (χ1) is 21.4. The van der Waals surface area contributed by atoms with Gasteiger partial charge < -0.3 is 10.6 Å². The van der Waals surface area contributed by atoms with Crippen molar-refractivity contribution in [3.8, 4) is 0 Å². The Bertz CT molecular complexity index is 1530. The summed E-state index contributed by atoms with van der Waals surface area (Å²) in [6.07, 6.45) is -3.31. The molecule has 2 amide bonds. The standard InChI is InChI=1S/C26H25F5N2O.C9H11NO/c1-16-3-13-22(28)21(15-16)23(14-6-17-4-9-19(10-5-17)26(29,30)31)33-24(25(34)32-2)18-7-11-20(27)12-8-18;1-10-9(11)7-8-5-3-2-4-6-8/h3-5,7-13,15,23-24,33H,6,14H2,1-2H3,(H,32,34);2-6H,7H2,1H3,(H,10,11)/t23-,24+;/m0./s1. The second kappa shape index (κ2) is 16.5. The van der Waals surface area contributed by atoms with Gasteiger partial charge in [0.15, 0.2) is 0 Å². The topological polar surface area (TPSA) is 70.2 Å². The molecule has 0 aliphatic heterocycles. The van der Waals surface area contributed by atoms with Crippen LogP contribution in [-0.2, 0) is 28.6 Å². The zero-order valence-corrected chi connectivity index (χ0v) is 25.2. The molecule has 10 heteroatoms. The quantitative estimate of drug-likeness (QED) is 0.166. The number of hydrogen-bond acceptors (Lipinski definition) is 3. The molecule has 0 aliphatic carbocycles. The molecule has 45 heavy (non-hydrogen) atoms. The summed E-state index contributed by atoms with van der Waals surface area (Å²) in [7, 11) is 3.11. The van der Waals surface area contributed by atoms with Crippen molar-refractivity contribution in [3.05, 3.63) is 142 Å². The third-order valence-corrected chi connectivity index (χ3v) is 7.10. The first kappa shape index (κ1) is 34.9. The molecule has 4 aromatic carbocycles. The molecule has 0 unspecified atom stereocenters. The van der Waals surface area contributed by atoms with E-state index < -0.39 is 35.5 Å². The third-order valence-electron chi connectivity index (χ3n) is 7.10. The summed E-state index contributed by atoms with van der Waals surface area (Å²) >= 11 is 0. The molecular weight excluding hydrogens is 589 g/mol. The molecule has 2 atom stereocenters. The van der Waals surface area contributed by atoms with Crippen LogP contribution >= 0.6 is 0 Å². The summed E-state index contributed by atoms with van der Waals surface area (Å²) in [5, 5.41) is 8.31. The molecule has 238 valence electrons. The molecule has 4 rings (SSSR count). The van der Waals surface area contributed by atoms with Gasteiger partial charge in [-0.3, -0.25) is 14.9 Å². The van der Waals surface area contributed by atoms with Crippen molar-refractivity contribution < 1.29 is 31.5 Å². The maximum Gasteiger partial charge on any atom is 0.416 e. The fourth-order valence-corrected chi connectivity index (χ4v) is 4.62. The Labute approximate surface area is 259 Å². The van der Waals surface area contributed by atoms with Crippen LogP contribution in [-0.4, -0.2) is 25.9 Å². The second-order valence-electron chi connectivity index (χ2n) is 10.4. The normalized spacial score (nSPS) is 12.4. The van der Waals surface area contributed by atoms with Gasteiger partial charge >= 0.3 is 6.18 Å². The van der Waals surface area contributed by atoms with Crippen LogP contribution in [0.25, 0.3) is 0 Å². The minimum atomic E-state index is -4.43. The highest BCUT2D eigenvalue weighted by molar-refractivity contribution is 5.83. The molecule has 0 radical (unpaired) electrons. The molecule has 0 saturated carbocycles. The van der Waals surface area contributed by atoms with Crippen LogP contribution in [0.15, 0.2) is 97.1 Å². The Kier molecular flexibility index (Phi) is 12.8. The Hall–Kier alpha value is -4.57. The number of rotatable bonds is 10. The first-order valence-corrected chi connectivity index (χ1v) is 14.3. The highest BCUT2D eigenvalue weighted by Gasteiger charge is 2.30. The van der Waals surface area contributed by atoms with Crippen LogP contribution in [0.5, 0.6) is 0 Å². The van der Waals surface area contributed by atoms with Crippen LogP contribution in [0, 0.1) is 18.6 Å². The summed E-state index contributed by atoms with van der Waals surface area (Å²) in [4.78, 5) is 23.5. The number of halogens is 5. The number of likely N-dealkylation sites (N-methyl/N-ethyl adjacent to an activating group) is 2. The molecular formula is C35H36F5N3O2. The van der Waals surface area contributed by atoms with Gasteiger partial charge in [0.1, 0.15) is 17.7 Å². The molecule has 0 saturated heterocycles. The van der Waals surface area contributed by atoms with Gasteiger partial charge in [-0.2, -0.15) is 13.2 Å². The number of carbonyl (C=O) groups excluding carboxylic acids is 2. The average Bonchev–Trinajstić information content (AvgIpc) is 3.03. The van der Waals surface area contributed by atoms with E-state index in [9.17, 15) is 31.5 Å². The molecule has 0 fully saturated rings. The fraction of sp³-hybridized carbons (Fsp3) is 0.257. The zero-order chi connectivity index (χ0) is 33.0. The molecule has 0 aromatic heterocycles. The van der Waals surface area contributed by atoms with Crippen molar-refractivity contribution in [1.29, 1.82) is 0 Å². The number of hydrogen-bond donors (Lipinski definition) is 3. The van der Waals surface area contributed by atoms with Crippen molar-refractivity contribution in [3.63, 3.8) is 0 Å².